The van der Waals surface area contributed by atoms with Gasteiger partial charge in [-0.1, -0.05) is 23.7 Å². The molecular weight excluding hydrogens is 312 g/mol. The van der Waals surface area contributed by atoms with Gasteiger partial charge in [0.25, 0.3) is 0 Å². The van der Waals surface area contributed by atoms with Gasteiger partial charge < -0.3 is 9.82 Å². The second kappa shape index (κ2) is 6.59. The van der Waals surface area contributed by atoms with E-state index in [-0.39, 0.29) is 0 Å². The number of aromatic nitrogens is 1. The highest BCUT2D eigenvalue weighted by molar-refractivity contribution is 6.30. The van der Waals surface area contributed by atoms with E-state index < -0.39 is 5.97 Å². The molecule has 1 N–H and O–H groups in total. The fourth-order valence-electron chi connectivity index (χ4n) is 3.10. The Morgan fingerprint density at radius 1 is 1.30 bits per heavy atom. The number of nitrogens with zero attached hydrogens (tertiary/aromatic N) is 1. The number of rotatable bonds is 3. The minimum Gasteiger partial charge on any atom is -0.362 e. The molecule has 0 spiro atoms. The third-order valence-corrected chi connectivity index (χ3v) is 4.45. The summed E-state index contributed by atoms with van der Waals surface area (Å²) in [5.41, 5.74) is 6.08. The minimum absolute atomic E-state index is 0.441. The Morgan fingerprint density at radius 2 is 2.04 bits per heavy atom. The first-order chi connectivity index (χ1) is 11.1. The Kier molecular flexibility index (Phi) is 4.53. The number of aromatic amines is 1. The lowest BCUT2D eigenvalue weighted by molar-refractivity contribution is 0.0515. The first kappa shape index (κ1) is 15.8. The molecule has 0 bridgehead atoms. The van der Waals surface area contributed by atoms with Crippen LogP contribution < -0.4 is 0 Å². The van der Waals surface area contributed by atoms with Crippen LogP contribution in [-0.4, -0.2) is 16.7 Å². The van der Waals surface area contributed by atoms with Crippen molar-refractivity contribution in [3.63, 3.8) is 0 Å². The molecule has 0 aliphatic heterocycles. The zero-order chi connectivity index (χ0) is 16.4. The van der Waals surface area contributed by atoms with Gasteiger partial charge in [0, 0.05) is 22.0 Å². The van der Waals surface area contributed by atoms with Gasteiger partial charge in [-0.25, -0.2) is 4.79 Å². The van der Waals surface area contributed by atoms with E-state index in [4.69, 9.17) is 16.4 Å². The van der Waals surface area contributed by atoms with Crippen molar-refractivity contribution in [3.05, 3.63) is 57.4 Å². The van der Waals surface area contributed by atoms with Crippen molar-refractivity contribution in [2.24, 2.45) is 5.16 Å². The number of hydrogen-bond acceptors (Lipinski definition) is 3. The Bertz CT molecular complexity index is 760. The van der Waals surface area contributed by atoms with E-state index in [0.29, 0.717) is 10.6 Å². The lowest BCUT2D eigenvalue weighted by Gasteiger charge is -2.14. The second-order valence-electron chi connectivity index (χ2n) is 5.71. The van der Waals surface area contributed by atoms with Crippen LogP contribution in [0.3, 0.4) is 0 Å². The number of carbonyl (C=O) groups excluding carboxylic acids is 1. The van der Waals surface area contributed by atoms with Gasteiger partial charge in [-0.3, -0.25) is 0 Å². The van der Waals surface area contributed by atoms with E-state index in [1.165, 1.54) is 17.0 Å². The van der Waals surface area contributed by atoms with Crippen molar-refractivity contribution in [2.75, 3.05) is 0 Å². The second-order valence-corrected chi connectivity index (χ2v) is 6.15. The van der Waals surface area contributed by atoms with Crippen LogP contribution in [0.4, 0.5) is 0 Å². The average molecular weight is 331 g/mol. The molecule has 4 nitrogen and oxygen atoms in total. The highest BCUT2D eigenvalue weighted by atomic mass is 35.5. The maximum Gasteiger partial charge on any atom is 0.365 e. The number of H-pyrrole nitrogens is 1. The number of carbonyl (C=O) groups is 1. The molecule has 2 aromatic rings. The Morgan fingerprint density at radius 3 is 2.74 bits per heavy atom. The summed E-state index contributed by atoms with van der Waals surface area (Å²) < 4.78 is 0. The largest absolute Gasteiger partial charge is 0.365 e. The van der Waals surface area contributed by atoms with Crippen LogP contribution in [0.2, 0.25) is 5.02 Å². The van der Waals surface area contributed by atoms with Crippen molar-refractivity contribution in [1.82, 2.24) is 4.98 Å². The number of aryl methyl sites for hydroxylation is 2. The van der Waals surface area contributed by atoms with E-state index in [0.717, 1.165) is 37.0 Å². The number of oxime groups is 1. The molecule has 0 saturated carbocycles. The fraction of sp³-hybridized carbons (Fsp3) is 0.333. The summed E-state index contributed by atoms with van der Waals surface area (Å²) in [6.45, 7) is 4.21. The monoisotopic (exact) mass is 330 g/mol. The molecule has 23 heavy (non-hydrogen) atoms. The van der Waals surface area contributed by atoms with Crippen LogP contribution in [-0.2, 0) is 17.7 Å². The molecule has 1 aliphatic carbocycles. The molecule has 1 aliphatic rings. The van der Waals surface area contributed by atoms with Gasteiger partial charge in [-0.05, 0) is 62.4 Å². The van der Waals surface area contributed by atoms with Crippen LogP contribution in [0, 0.1) is 6.92 Å². The zero-order valence-corrected chi connectivity index (χ0v) is 14.0. The first-order valence-electron chi connectivity index (χ1n) is 7.84. The van der Waals surface area contributed by atoms with Gasteiger partial charge in [0.2, 0.25) is 0 Å². The quantitative estimate of drug-likeness (QED) is 0.668. The first-order valence-corrected chi connectivity index (χ1v) is 8.22. The summed E-state index contributed by atoms with van der Waals surface area (Å²) in [6, 6.07) is 6.59. The molecule has 0 saturated heterocycles. The fourth-order valence-corrected chi connectivity index (χ4v) is 3.22. The Balaban J connectivity index is 1.84. The van der Waals surface area contributed by atoms with Gasteiger partial charge in [-0.15, -0.1) is 0 Å². The van der Waals surface area contributed by atoms with Gasteiger partial charge in [0.15, 0.2) is 0 Å². The molecule has 1 heterocycles. The van der Waals surface area contributed by atoms with Crippen LogP contribution in [0.1, 0.15) is 52.6 Å². The average Bonchev–Trinajstić information content (AvgIpc) is 2.88. The van der Waals surface area contributed by atoms with Crippen molar-refractivity contribution in [1.29, 1.82) is 0 Å². The third kappa shape index (κ3) is 3.17. The Labute approximate surface area is 140 Å². The van der Waals surface area contributed by atoms with E-state index >= 15 is 0 Å². The lowest BCUT2D eigenvalue weighted by atomic mass is 9.92. The molecule has 0 amide bonds. The maximum atomic E-state index is 12.1. The van der Waals surface area contributed by atoms with E-state index in [9.17, 15) is 4.79 Å². The zero-order valence-electron chi connectivity index (χ0n) is 13.3. The smallest absolute Gasteiger partial charge is 0.362 e. The molecule has 5 heteroatoms. The number of hydrogen-bond donors (Lipinski definition) is 1. The van der Waals surface area contributed by atoms with Crippen molar-refractivity contribution in [3.8, 4) is 0 Å². The van der Waals surface area contributed by atoms with Gasteiger partial charge in [0.05, 0.1) is 11.3 Å². The molecule has 0 fully saturated rings. The summed E-state index contributed by atoms with van der Waals surface area (Å²) in [6.07, 6.45) is 3.78. The summed E-state index contributed by atoms with van der Waals surface area (Å²) in [7, 11) is 0. The van der Waals surface area contributed by atoms with Crippen LogP contribution >= 0.6 is 11.6 Å². The molecule has 3 rings (SSSR count). The molecule has 1 aromatic heterocycles. The predicted molar refractivity (Wildman–Crippen MR) is 91.3 cm³/mol. The van der Waals surface area contributed by atoms with E-state index in [1.54, 1.807) is 24.3 Å². The highest BCUT2D eigenvalue weighted by Crippen LogP contribution is 2.28. The van der Waals surface area contributed by atoms with Gasteiger partial charge >= 0.3 is 5.97 Å². The van der Waals surface area contributed by atoms with Crippen molar-refractivity contribution >= 4 is 23.3 Å². The summed E-state index contributed by atoms with van der Waals surface area (Å²) >= 11 is 5.82. The molecule has 0 radical (unpaired) electrons. The summed E-state index contributed by atoms with van der Waals surface area (Å²) in [5, 5.41) is 4.74. The summed E-state index contributed by atoms with van der Waals surface area (Å²) in [4.78, 5) is 20.7. The maximum absolute atomic E-state index is 12.1. The number of nitrogens with one attached hydrogen (secondary N) is 1. The Hall–Kier alpha value is -2.07. The molecular formula is C18H19ClN2O2. The lowest BCUT2D eigenvalue weighted by Crippen LogP contribution is -2.14. The van der Waals surface area contributed by atoms with Gasteiger partial charge in [0.1, 0.15) is 0 Å². The van der Waals surface area contributed by atoms with Crippen LogP contribution in [0.15, 0.2) is 29.4 Å². The van der Waals surface area contributed by atoms with Gasteiger partial charge in [-0.2, -0.15) is 0 Å². The number of benzene rings is 1. The SMILES string of the molecule is CCc1c(C)[nH]c2c1/C(=N/OC(=O)c1ccc(Cl)cc1)CCC2. The van der Waals surface area contributed by atoms with E-state index in [1.807, 2.05) is 0 Å². The number of halogens is 1. The van der Waals surface area contributed by atoms with Crippen molar-refractivity contribution in [2.45, 2.75) is 39.5 Å². The van der Waals surface area contributed by atoms with Crippen molar-refractivity contribution < 1.29 is 9.63 Å². The molecule has 120 valence electrons. The normalized spacial score (nSPS) is 15.5. The van der Waals surface area contributed by atoms with Crippen LogP contribution in [0.25, 0.3) is 0 Å². The molecule has 1 aromatic carbocycles. The standard InChI is InChI=1S/C18H19ClN2O2/c1-3-14-11(2)20-15-5-4-6-16(17(14)15)21-23-18(22)12-7-9-13(19)10-8-12/h7-10,20H,3-6H2,1-2H3/b21-16+. The highest BCUT2D eigenvalue weighted by Gasteiger charge is 2.23. The molecule has 0 atom stereocenters. The molecule has 0 unspecified atom stereocenters. The third-order valence-electron chi connectivity index (χ3n) is 4.20. The minimum atomic E-state index is -0.466. The van der Waals surface area contributed by atoms with Crippen LogP contribution in [0.5, 0.6) is 0 Å². The topological polar surface area (TPSA) is 54.4 Å². The predicted octanol–water partition coefficient (Wildman–Crippen LogP) is 4.44. The van der Waals surface area contributed by atoms with E-state index in [2.05, 4.69) is 24.0 Å². The number of fused-ring (bicyclic) bond motifs is 1. The summed E-state index contributed by atoms with van der Waals surface area (Å²) in [5.74, 6) is -0.466.